The highest BCUT2D eigenvalue weighted by atomic mass is 16.3. The van der Waals surface area contributed by atoms with Crippen molar-refractivity contribution in [3.8, 4) is 0 Å². The molecule has 3 aliphatic rings. The summed E-state index contributed by atoms with van der Waals surface area (Å²) in [6, 6.07) is 11.5. The van der Waals surface area contributed by atoms with Crippen LogP contribution in [-0.4, -0.2) is 47.3 Å². The lowest BCUT2D eigenvalue weighted by molar-refractivity contribution is 0.0366. The maximum absolute atomic E-state index is 10.9. The van der Waals surface area contributed by atoms with Gasteiger partial charge in [0.25, 0.3) is 0 Å². The van der Waals surface area contributed by atoms with Crippen LogP contribution >= 0.6 is 0 Å². The first-order valence-corrected chi connectivity index (χ1v) is 10.5. The van der Waals surface area contributed by atoms with Crippen LogP contribution in [0.15, 0.2) is 30.3 Å². The van der Waals surface area contributed by atoms with Gasteiger partial charge in [-0.3, -0.25) is 0 Å². The molecule has 2 saturated heterocycles. The Balaban J connectivity index is 1.45. The van der Waals surface area contributed by atoms with Crippen LogP contribution in [-0.2, 0) is 0 Å². The van der Waals surface area contributed by atoms with Crippen LogP contribution in [0.25, 0.3) is 0 Å². The Labute approximate surface area is 153 Å². The molecule has 138 valence electrons. The molecule has 0 unspecified atom stereocenters. The largest absolute Gasteiger partial charge is 0.391 e. The topological polar surface area (TPSA) is 26.7 Å². The molecule has 1 atom stereocenters. The van der Waals surface area contributed by atoms with E-state index in [4.69, 9.17) is 0 Å². The number of rotatable bonds is 2. The van der Waals surface area contributed by atoms with E-state index in [1.54, 1.807) is 0 Å². The molecular formula is C22H34N2O. The van der Waals surface area contributed by atoms with Crippen molar-refractivity contribution in [3.63, 3.8) is 0 Å². The van der Waals surface area contributed by atoms with Crippen molar-refractivity contribution in [1.82, 2.24) is 4.90 Å². The summed E-state index contributed by atoms with van der Waals surface area (Å²) in [7, 11) is 0. The number of piperidine rings is 1. The summed E-state index contributed by atoms with van der Waals surface area (Å²) in [5, 5.41) is 10.9. The first kappa shape index (κ1) is 17.4. The number of para-hydroxylation sites is 1. The number of benzene rings is 1. The van der Waals surface area contributed by atoms with Gasteiger partial charge in [-0.15, -0.1) is 0 Å². The van der Waals surface area contributed by atoms with E-state index in [2.05, 4.69) is 40.1 Å². The molecule has 1 N–H and O–H groups in total. The second-order valence-electron chi connectivity index (χ2n) is 8.43. The molecule has 0 radical (unpaired) electrons. The molecule has 0 amide bonds. The van der Waals surface area contributed by atoms with Gasteiger partial charge < -0.3 is 14.9 Å². The molecule has 3 fully saturated rings. The van der Waals surface area contributed by atoms with Gasteiger partial charge >= 0.3 is 0 Å². The number of hydrogen-bond acceptors (Lipinski definition) is 3. The summed E-state index contributed by atoms with van der Waals surface area (Å²) >= 11 is 0. The third kappa shape index (κ3) is 3.46. The van der Waals surface area contributed by atoms with Crippen LogP contribution in [0.4, 0.5) is 5.69 Å². The standard InChI is InChI=1S/C22H34N2O/c25-21-13-16-24(20-11-7-4-8-12-20)22(21)14-17-23(18-15-22)19-9-5-2-1-3-6-10-19/h4,7-8,11-12,19,21,25H,1-3,5-6,9-10,13-18H2/t21-/m0/s1. The van der Waals surface area contributed by atoms with Crippen molar-refractivity contribution in [2.45, 2.75) is 81.9 Å². The van der Waals surface area contributed by atoms with E-state index in [1.165, 1.54) is 50.6 Å². The van der Waals surface area contributed by atoms with E-state index in [9.17, 15) is 5.11 Å². The fourth-order valence-corrected chi connectivity index (χ4v) is 5.60. The Morgan fingerprint density at radius 1 is 0.800 bits per heavy atom. The predicted octanol–water partition coefficient (Wildman–Crippen LogP) is 4.21. The van der Waals surface area contributed by atoms with E-state index < -0.39 is 0 Å². The highest BCUT2D eigenvalue weighted by molar-refractivity contribution is 5.51. The second-order valence-corrected chi connectivity index (χ2v) is 8.43. The predicted molar refractivity (Wildman–Crippen MR) is 104 cm³/mol. The quantitative estimate of drug-likeness (QED) is 0.872. The summed E-state index contributed by atoms with van der Waals surface area (Å²) in [4.78, 5) is 5.28. The fraction of sp³-hybridized carbons (Fsp3) is 0.727. The van der Waals surface area contributed by atoms with Crippen molar-refractivity contribution < 1.29 is 5.11 Å². The van der Waals surface area contributed by atoms with Crippen LogP contribution in [0.2, 0.25) is 0 Å². The SMILES string of the molecule is O[C@H]1CCN(c2ccccc2)C12CCN(C1CCCCCCC1)CC2. The van der Waals surface area contributed by atoms with Gasteiger partial charge in [0.05, 0.1) is 11.6 Å². The van der Waals surface area contributed by atoms with Crippen molar-refractivity contribution in [3.05, 3.63) is 30.3 Å². The van der Waals surface area contributed by atoms with E-state index >= 15 is 0 Å². The zero-order valence-corrected chi connectivity index (χ0v) is 15.6. The molecule has 1 aromatic carbocycles. The zero-order valence-electron chi connectivity index (χ0n) is 15.6. The molecule has 2 aliphatic heterocycles. The lowest BCUT2D eigenvalue weighted by Crippen LogP contribution is -2.58. The van der Waals surface area contributed by atoms with Crippen LogP contribution in [0, 0.1) is 0 Å². The van der Waals surface area contributed by atoms with Crippen molar-refractivity contribution in [1.29, 1.82) is 0 Å². The Bertz CT molecular complexity index is 530. The van der Waals surface area contributed by atoms with E-state index in [0.29, 0.717) is 0 Å². The lowest BCUT2D eigenvalue weighted by atomic mass is 9.81. The minimum absolute atomic E-state index is 0.0283. The Hall–Kier alpha value is -1.06. The molecule has 1 saturated carbocycles. The van der Waals surface area contributed by atoms with Gasteiger partial charge in [0, 0.05) is 31.4 Å². The molecule has 0 aromatic heterocycles. The molecular weight excluding hydrogens is 308 g/mol. The number of likely N-dealkylation sites (tertiary alicyclic amines) is 1. The highest BCUT2D eigenvalue weighted by Gasteiger charge is 2.50. The average Bonchev–Trinajstić information content (AvgIpc) is 2.93. The van der Waals surface area contributed by atoms with Gasteiger partial charge in [-0.1, -0.05) is 50.3 Å². The molecule has 1 aliphatic carbocycles. The molecule has 3 heteroatoms. The van der Waals surface area contributed by atoms with E-state index in [1.807, 2.05) is 0 Å². The third-order valence-electron chi connectivity index (χ3n) is 7.11. The Morgan fingerprint density at radius 3 is 2.12 bits per heavy atom. The normalized spacial score (nSPS) is 28.8. The maximum Gasteiger partial charge on any atom is 0.0789 e. The Morgan fingerprint density at radius 2 is 1.44 bits per heavy atom. The molecule has 2 heterocycles. The highest BCUT2D eigenvalue weighted by Crippen LogP contribution is 2.42. The molecule has 1 spiro atoms. The number of aliphatic hydroxyl groups excluding tert-OH is 1. The van der Waals surface area contributed by atoms with E-state index in [-0.39, 0.29) is 11.6 Å². The molecule has 4 rings (SSSR count). The van der Waals surface area contributed by atoms with Gasteiger partial charge in [-0.05, 0) is 44.2 Å². The van der Waals surface area contributed by atoms with Crippen molar-refractivity contribution >= 4 is 5.69 Å². The first-order chi connectivity index (χ1) is 12.3. The average molecular weight is 343 g/mol. The Kier molecular flexibility index (Phi) is 5.33. The monoisotopic (exact) mass is 342 g/mol. The van der Waals surface area contributed by atoms with Gasteiger partial charge in [0.15, 0.2) is 0 Å². The maximum atomic E-state index is 10.9. The second kappa shape index (κ2) is 7.67. The molecule has 1 aromatic rings. The lowest BCUT2D eigenvalue weighted by Gasteiger charge is -2.49. The van der Waals surface area contributed by atoms with Crippen LogP contribution in [0.3, 0.4) is 0 Å². The van der Waals surface area contributed by atoms with Gasteiger partial charge in [-0.2, -0.15) is 0 Å². The van der Waals surface area contributed by atoms with Crippen molar-refractivity contribution in [2.24, 2.45) is 0 Å². The van der Waals surface area contributed by atoms with Gasteiger partial charge in [0.1, 0.15) is 0 Å². The molecule has 25 heavy (non-hydrogen) atoms. The summed E-state index contributed by atoms with van der Waals surface area (Å²) in [6.45, 7) is 3.31. The van der Waals surface area contributed by atoms with Crippen LogP contribution in [0.5, 0.6) is 0 Å². The third-order valence-corrected chi connectivity index (χ3v) is 7.11. The minimum atomic E-state index is -0.174. The van der Waals surface area contributed by atoms with Crippen molar-refractivity contribution in [2.75, 3.05) is 24.5 Å². The van der Waals surface area contributed by atoms with Gasteiger partial charge in [0.2, 0.25) is 0 Å². The fourth-order valence-electron chi connectivity index (χ4n) is 5.60. The number of aliphatic hydroxyl groups is 1. The number of nitrogens with zero attached hydrogens (tertiary/aromatic N) is 2. The number of anilines is 1. The zero-order chi connectivity index (χ0) is 17.1. The smallest absolute Gasteiger partial charge is 0.0789 e. The van der Waals surface area contributed by atoms with Gasteiger partial charge in [-0.25, -0.2) is 0 Å². The summed E-state index contributed by atoms with van der Waals surface area (Å²) in [5.41, 5.74) is 1.26. The minimum Gasteiger partial charge on any atom is -0.391 e. The first-order valence-electron chi connectivity index (χ1n) is 10.5. The van der Waals surface area contributed by atoms with Crippen LogP contribution in [0.1, 0.15) is 64.2 Å². The number of hydrogen-bond donors (Lipinski definition) is 1. The van der Waals surface area contributed by atoms with Crippen LogP contribution < -0.4 is 4.90 Å². The summed E-state index contributed by atoms with van der Waals surface area (Å²) in [6.07, 6.45) is 12.8. The summed E-state index contributed by atoms with van der Waals surface area (Å²) < 4.78 is 0. The van der Waals surface area contributed by atoms with E-state index in [0.717, 1.165) is 44.9 Å². The summed E-state index contributed by atoms with van der Waals surface area (Å²) in [5.74, 6) is 0. The molecule has 0 bridgehead atoms. The molecule has 3 nitrogen and oxygen atoms in total.